The number of methoxy groups -OCH3 is 1. The summed E-state index contributed by atoms with van der Waals surface area (Å²) >= 11 is 0. The number of hydrogen-bond acceptors (Lipinski definition) is 6. The van der Waals surface area contributed by atoms with Crippen LogP contribution in [0.1, 0.15) is 45.8 Å². The SMILES string of the molecule is COc1ccc(C(=O)N2CCn3nc(C(=O)NOC4CCCCO4)cc3C2)cc1. The van der Waals surface area contributed by atoms with Gasteiger partial charge < -0.3 is 14.4 Å². The molecule has 1 fully saturated rings. The summed E-state index contributed by atoms with van der Waals surface area (Å²) in [6, 6.07) is 8.71. The van der Waals surface area contributed by atoms with Gasteiger partial charge in [0.15, 0.2) is 12.0 Å². The Kier molecular flexibility index (Phi) is 5.77. The number of amides is 2. The number of carbonyl (C=O) groups excluding carboxylic acids is 2. The minimum absolute atomic E-state index is 0.0658. The largest absolute Gasteiger partial charge is 0.497 e. The molecule has 1 aromatic carbocycles. The van der Waals surface area contributed by atoms with E-state index < -0.39 is 12.2 Å². The molecule has 9 heteroatoms. The van der Waals surface area contributed by atoms with E-state index in [9.17, 15) is 9.59 Å². The van der Waals surface area contributed by atoms with Crippen molar-refractivity contribution < 1.29 is 23.9 Å². The van der Waals surface area contributed by atoms with Gasteiger partial charge in [-0.1, -0.05) is 0 Å². The van der Waals surface area contributed by atoms with Crippen LogP contribution in [-0.4, -0.2) is 53.0 Å². The van der Waals surface area contributed by atoms with Gasteiger partial charge in [-0.2, -0.15) is 5.10 Å². The molecular weight excluding hydrogens is 376 g/mol. The highest BCUT2D eigenvalue weighted by molar-refractivity contribution is 5.94. The first-order chi connectivity index (χ1) is 14.1. The molecule has 0 radical (unpaired) electrons. The normalized spacial score (nSPS) is 18.8. The molecule has 1 aromatic heterocycles. The third kappa shape index (κ3) is 4.41. The maximum atomic E-state index is 12.8. The average Bonchev–Trinajstić information content (AvgIpc) is 3.21. The zero-order chi connectivity index (χ0) is 20.2. The van der Waals surface area contributed by atoms with Gasteiger partial charge in [0.2, 0.25) is 0 Å². The van der Waals surface area contributed by atoms with Crippen molar-refractivity contribution in [3.63, 3.8) is 0 Å². The number of fused-ring (bicyclic) bond motifs is 1. The van der Waals surface area contributed by atoms with Crippen LogP contribution in [0, 0.1) is 0 Å². The van der Waals surface area contributed by atoms with Gasteiger partial charge in [0.05, 0.1) is 25.9 Å². The molecule has 1 unspecified atom stereocenters. The van der Waals surface area contributed by atoms with Gasteiger partial charge in [-0.3, -0.25) is 14.3 Å². The van der Waals surface area contributed by atoms with Crippen molar-refractivity contribution in [2.45, 2.75) is 38.6 Å². The van der Waals surface area contributed by atoms with Crippen LogP contribution in [0.25, 0.3) is 0 Å². The molecule has 4 rings (SSSR count). The highest BCUT2D eigenvalue weighted by Gasteiger charge is 2.25. The van der Waals surface area contributed by atoms with E-state index in [-0.39, 0.29) is 11.6 Å². The van der Waals surface area contributed by atoms with Crippen LogP contribution in [0.4, 0.5) is 0 Å². The average molecular weight is 400 g/mol. The van der Waals surface area contributed by atoms with Crippen LogP contribution in [0.15, 0.2) is 30.3 Å². The number of hydrogen-bond donors (Lipinski definition) is 1. The van der Waals surface area contributed by atoms with Crippen LogP contribution in [0.5, 0.6) is 5.75 Å². The molecule has 29 heavy (non-hydrogen) atoms. The van der Waals surface area contributed by atoms with Crippen molar-refractivity contribution in [3.05, 3.63) is 47.3 Å². The summed E-state index contributed by atoms with van der Waals surface area (Å²) in [5.74, 6) is 0.216. The number of rotatable bonds is 5. The minimum atomic E-state index is -0.422. The fraction of sp³-hybridized carbons (Fsp3) is 0.450. The number of benzene rings is 1. The molecule has 2 amide bonds. The van der Waals surface area contributed by atoms with Crippen molar-refractivity contribution in [3.8, 4) is 5.75 Å². The van der Waals surface area contributed by atoms with Crippen molar-refractivity contribution in [2.75, 3.05) is 20.3 Å². The fourth-order valence-corrected chi connectivity index (χ4v) is 3.44. The maximum absolute atomic E-state index is 12.8. The van der Waals surface area contributed by atoms with Crippen LogP contribution >= 0.6 is 0 Å². The van der Waals surface area contributed by atoms with Gasteiger partial charge in [0, 0.05) is 25.1 Å². The molecule has 9 nitrogen and oxygen atoms in total. The Labute approximate surface area is 168 Å². The van der Waals surface area contributed by atoms with Crippen molar-refractivity contribution in [2.24, 2.45) is 0 Å². The summed E-state index contributed by atoms with van der Waals surface area (Å²) in [6.45, 7) is 2.07. The monoisotopic (exact) mass is 400 g/mol. The smallest absolute Gasteiger partial charge is 0.295 e. The second kappa shape index (κ2) is 8.62. The lowest BCUT2D eigenvalue weighted by atomic mass is 10.1. The summed E-state index contributed by atoms with van der Waals surface area (Å²) in [7, 11) is 1.59. The Hall–Kier alpha value is -2.91. The van der Waals surface area contributed by atoms with E-state index in [1.807, 2.05) is 0 Å². The molecule has 2 aromatic rings. The zero-order valence-electron chi connectivity index (χ0n) is 16.3. The molecule has 0 aliphatic carbocycles. The minimum Gasteiger partial charge on any atom is -0.497 e. The van der Waals surface area contributed by atoms with Crippen LogP contribution in [0.2, 0.25) is 0 Å². The molecule has 1 N–H and O–H groups in total. The fourth-order valence-electron chi connectivity index (χ4n) is 3.44. The molecule has 0 saturated carbocycles. The lowest BCUT2D eigenvalue weighted by Crippen LogP contribution is -2.38. The Bertz CT molecular complexity index is 873. The lowest BCUT2D eigenvalue weighted by Gasteiger charge is -2.27. The van der Waals surface area contributed by atoms with E-state index in [2.05, 4.69) is 10.6 Å². The Morgan fingerprint density at radius 3 is 2.76 bits per heavy atom. The molecule has 3 heterocycles. The number of nitrogens with one attached hydrogen (secondary N) is 1. The Morgan fingerprint density at radius 1 is 1.21 bits per heavy atom. The summed E-state index contributed by atoms with van der Waals surface area (Å²) < 4.78 is 12.3. The van der Waals surface area contributed by atoms with Gasteiger partial charge in [0.25, 0.3) is 11.8 Å². The number of nitrogens with zero attached hydrogens (tertiary/aromatic N) is 3. The first-order valence-electron chi connectivity index (χ1n) is 9.71. The van der Waals surface area contributed by atoms with E-state index in [1.54, 1.807) is 47.0 Å². The van der Waals surface area contributed by atoms with Crippen molar-refractivity contribution >= 4 is 11.8 Å². The molecule has 1 saturated heterocycles. The van der Waals surface area contributed by atoms with Gasteiger partial charge in [0.1, 0.15) is 5.75 Å². The number of hydroxylamine groups is 1. The number of carbonyl (C=O) groups is 2. The van der Waals surface area contributed by atoms with Crippen molar-refractivity contribution in [1.82, 2.24) is 20.2 Å². The molecule has 1 atom stereocenters. The summed E-state index contributed by atoms with van der Waals surface area (Å²) in [4.78, 5) is 32.2. The van der Waals surface area contributed by atoms with Gasteiger partial charge in [-0.15, -0.1) is 0 Å². The van der Waals surface area contributed by atoms with E-state index in [0.717, 1.165) is 25.0 Å². The maximum Gasteiger partial charge on any atom is 0.295 e. The summed E-state index contributed by atoms with van der Waals surface area (Å²) in [5.41, 5.74) is 4.07. The summed E-state index contributed by atoms with van der Waals surface area (Å²) in [6.07, 6.45) is 2.36. The Morgan fingerprint density at radius 2 is 2.03 bits per heavy atom. The van der Waals surface area contributed by atoms with Crippen LogP contribution in [0.3, 0.4) is 0 Å². The van der Waals surface area contributed by atoms with E-state index >= 15 is 0 Å². The van der Waals surface area contributed by atoms with Gasteiger partial charge in [-0.25, -0.2) is 10.3 Å². The topological polar surface area (TPSA) is 94.9 Å². The molecule has 154 valence electrons. The molecule has 0 spiro atoms. The van der Waals surface area contributed by atoms with Gasteiger partial charge >= 0.3 is 0 Å². The lowest BCUT2D eigenvalue weighted by molar-refractivity contribution is -0.186. The van der Waals surface area contributed by atoms with E-state index in [1.165, 1.54) is 0 Å². The second-order valence-corrected chi connectivity index (χ2v) is 7.04. The zero-order valence-corrected chi connectivity index (χ0v) is 16.3. The third-order valence-corrected chi connectivity index (χ3v) is 5.08. The van der Waals surface area contributed by atoms with E-state index in [0.29, 0.717) is 37.6 Å². The number of ether oxygens (including phenoxy) is 2. The van der Waals surface area contributed by atoms with E-state index in [4.69, 9.17) is 14.3 Å². The molecule has 2 aliphatic heterocycles. The second-order valence-electron chi connectivity index (χ2n) is 7.04. The molecule has 0 bridgehead atoms. The summed E-state index contributed by atoms with van der Waals surface area (Å²) in [5, 5.41) is 4.33. The highest BCUT2D eigenvalue weighted by Crippen LogP contribution is 2.19. The predicted octanol–water partition coefficient (Wildman–Crippen LogP) is 1.74. The number of aromatic nitrogens is 2. The molecule has 2 aliphatic rings. The Balaban J connectivity index is 1.37. The van der Waals surface area contributed by atoms with Gasteiger partial charge in [-0.05, 0) is 43.2 Å². The van der Waals surface area contributed by atoms with Crippen molar-refractivity contribution in [1.29, 1.82) is 0 Å². The first-order valence-corrected chi connectivity index (χ1v) is 9.71. The standard InChI is InChI=1S/C20H24N4O5/c1-27-16-7-5-14(6-8-16)20(26)23-9-10-24-15(13-23)12-17(21-24)19(25)22-29-18-4-2-3-11-28-18/h5-8,12,18H,2-4,9-11,13H2,1H3,(H,22,25). The quantitative estimate of drug-likeness (QED) is 0.769. The van der Waals surface area contributed by atoms with Crippen LogP contribution in [-0.2, 0) is 22.7 Å². The van der Waals surface area contributed by atoms with Crippen LogP contribution < -0.4 is 10.2 Å². The first kappa shape index (κ1) is 19.4. The third-order valence-electron chi connectivity index (χ3n) is 5.08. The predicted molar refractivity (Wildman–Crippen MR) is 102 cm³/mol. The highest BCUT2D eigenvalue weighted by atomic mass is 16.8. The molecular formula is C20H24N4O5.